The van der Waals surface area contributed by atoms with Crippen LogP contribution in [0.4, 0.5) is 5.82 Å². The van der Waals surface area contributed by atoms with Gasteiger partial charge in [0.25, 0.3) is 0 Å². The first kappa shape index (κ1) is 9.97. The number of anilines is 1. The van der Waals surface area contributed by atoms with E-state index in [-0.39, 0.29) is 5.54 Å². The molecule has 1 saturated carbocycles. The molecule has 15 heavy (non-hydrogen) atoms. The normalized spacial score (nSPS) is 17.6. The maximum atomic E-state index is 8.95. The molecule has 3 heteroatoms. The van der Waals surface area contributed by atoms with Gasteiger partial charge in [-0.05, 0) is 37.8 Å². The van der Waals surface area contributed by atoms with Crippen LogP contribution in [0.5, 0.6) is 0 Å². The summed E-state index contributed by atoms with van der Waals surface area (Å²) >= 11 is 0. The molecule has 1 fully saturated rings. The maximum absolute atomic E-state index is 8.95. The Balaban J connectivity index is 2.20. The van der Waals surface area contributed by atoms with E-state index in [4.69, 9.17) is 5.26 Å². The molecule has 1 aliphatic carbocycles. The zero-order valence-electron chi connectivity index (χ0n) is 8.95. The summed E-state index contributed by atoms with van der Waals surface area (Å²) in [4.78, 5) is 4.23. The second-order valence-electron chi connectivity index (χ2n) is 4.12. The minimum atomic E-state index is 0.194. The highest BCUT2D eigenvalue weighted by atomic mass is 15.1. The quantitative estimate of drug-likeness (QED) is 0.818. The van der Waals surface area contributed by atoms with E-state index in [0.717, 1.165) is 12.2 Å². The Morgan fingerprint density at radius 1 is 1.60 bits per heavy atom. The summed E-state index contributed by atoms with van der Waals surface area (Å²) in [6, 6.07) is 5.76. The van der Waals surface area contributed by atoms with Gasteiger partial charge in [0.1, 0.15) is 11.9 Å². The lowest BCUT2D eigenvalue weighted by Gasteiger charge is -2.42. The molecule has 1 N–H and O–H groups in total. The van der Waals surface area contributed by atoms with E-state index in [2.05, 4.69) is 23.3 Å². The second-order valence-corrected chi connectivity index (χ2v) is 4.12. The van der Waals surface area contributed by atoms with Crippen molar-refractivity contribution in [2.45, 2.75) is 38.1 Å². The smallest absolute Gasteiger partial charge is 0.144 e. The Morgan fingerprint density at radius 3 is 2.93 bits per heavy atom. The molecule has 0 atom stereocenters. The number of pyridine rings is 1. The molecule has 3 nitrogen and oxygen atoms in total. The molecule has 78 valence electrons. The molecule has 1 aliphatic rings. The van der Waals surface area contributed by atoms with Crippen molar-refractivity contribution in [2.24, 2.45) is 0 Å². The number of nitrogens with one attached hydrogen (secondary N) is 1. The molecule has 1 heterocycles. The zero-order chi connectivity index (χ0) is 10.7. The van der Waals surface area contributed by atoms with Crippen molar-refractivity contribution in [1.82, 2.24) is 4.98 Å². The van der Waals surface area contributed by atoms with Crippen LogP contribution < -0.4 is 5.32 Å². The lowest BCUT2D eigenvalue weighted by atomic mass is 9.75. The maximum Gasteiger partial charge on any atom is 0.144 e. The number of hydrogen-bond acceptors (Lipinski definition) is 3. The van der Waals surface area contributed by atoms with E-state index >= 15 is 0 Å². The fourth-order valence-corrected chi connectivity index (χ4v) is 2.02. The average molecular weight is 201 g/mol. The van der Waals surface area contributed by atoms with E-state index < -0.39 is 0 Å². The molecular weight excluding hydrogens is 186 g/mol. The molecule has 0 spiro atoms. The molecule has 0 saturated heterocycles. The van der Waals surface area contributed by atoms with Crippen molar-refractivity contribution in [1.29, 1.82) is 5.26 Å². The molecule has 0 bridgehead atoms. The lowest BCUT2D eigenvalue weighted by Crippen LogP contribution is -2.44. The van der Waals surface area contributed by atoms with Crippen LogP contribution in [0, 0.1) is 11.3 Å². The molecule has 0 aromatic carbocycles. The summed E-state index contributed by atoms with van der Waals surface area (Å²) < 4.78 is 0. The van der Waals surface area contributed by atoms with Gasteiger partial charge in [0, 0.05) is 11.7 Å². The Hall–Kier alpha value is -1.56. The first-order valence-electron chi connectivity index (χ1n) is 5.43. The number of nitrogens with zero attached hydrogens (tertiary/aromatic N) is 2. The molecular formula is C12H15N3. The van der Waals surface area contributed by atoms with Gasteiger partial charge in [-0.1, -0.05) is 6.92 Å². The van der Waals surface area contributed by atoms with Gasteiger partial charge in [0.2, 0.25) is 0 Å². The molecule has 1 aromatic heterocycles. The first-order chi connectivity index (χ1) is 7.29. The standard InChI is InChI=1S/C12H15N3/c1-2-12(6-4-7-12)15-11-10(9-13)5-3-8-14-11/h3,5,8H,2,4,6-7H2,1H3,(H,14,15). The number of aromatic nitrogens is 1. The SMILES string of the molecule is CCC1(Nc2ncccc2C#N)CCC1. The van der Waals surface area contributed by atoms with Crippen molar-refractivity contribution < 1.29 is 0 Å². The Bertz CT molecular complexity index is 383. The third-order valence-corrected chi connectivity index (χ3v) is 3.30. The predicted molar refractivity (Wildman–Crippen MR) is 59.4 cm³/mol. The summed E-state index contributed by atoms with van der Waals surface area (Å²) in [6.45, 7) is 2.18. The number of hydrogen-bond donors (Lipinski definition) is 1. The minimum Gasteiger partial charge on any atom is -0.364 e. The summed E-state index contributed by atoms with van der Waals surface area (Å²) in [7, 11) is 0. The largest absolute Gasteiger partial charge is 0.364 e. The molecule has 1 aromatic rings. The highest BCUT2D eigenvalue weighted by Crippen LogP contribution is 2.37. The molecule has 2 rings (SSSR count). The van der Waals surface area contributed by atoms with Gasteiger partial charge in [0.05, 0.1) is 5.56 Å². The summed E-state index contributed by atoms with van der Waals surface area (Å²) in [5.41, 5.74) is 0.831. The highest BCUT2D eigenvalue weighted by molar-refractivity contribution is 5.53. The van der Waals surface area contributed by atoms with E-state index in [1.807, 2.05) is 0 Å². The van der Waals surface area contributed by atoms with Crippen molar-refractivity contribution in [2.75, 3.05) is 5.32 Å². The third kappa shape index (κ3) is 1.80. The average Bonchev–Trinajstić information content (AvgIpc) is 2.24. The van der Waals surface area contributed by atoms with Crippen molar-refractivity contribution in [3.05, 3.63) is 23.9 Å². The van der Waals surface area contributed by atoms with Crippen molar-refractivity contribution >= 4 is 5.82 Å². The summed E-state index contributed by atoms with van der Waals surface area (Å²) in [6.07, 6.45) is 6.46. The van der Waals surface area contributed by atoms with Gasteiger partial charge in [-0.25, -0.2) is 4.98 Å². The van der Waals surface area contributed by atoms with Gasteiger partial charge in [-0.2, -0.15) is 5.26 Å². The Labute approximate surface area is 90.1 Å². The first-order valence-corrected chi connectivity index (χ1v) is 5.43. The molecule has 0 unspecified atom stereocenters. The Morgan fingerprint density at radius 2 is 2.40 bits per heavy atom. The van der Waals surface area contributed by atoms with Crippen LogP contribution in [0.15, 0.2) is 18.3 Å². The lowest BCUT2D eigenvalue weighted by molar-refractivity contribution is 0.269. The van der Waals surface area contributed by atoms with Gasteiger partial charge >= 0.3 is 0 Å². The van der Waals surface area contributed by atoms with Crippen molar-refractivity contribution in [3.8, 4) is 6.07 Å². The van der Waals surface area contributed by atoms with Crippen LogP contribution in [0.3, 0.4) is 0 Å². The van der Waals surface area contributed by atoms with Crippen molar-refractivity contribution in [3.63, 3.8) is 0 Å². The topological polar surface area (TPSA) is 48.7 Å². The van der Waals surface area contributed by atoms with Gasteiger partial charge in [0.15, 0.2) is 0 Å². The molecule has 0 radical (unpaired) electrons. The summed E-state index contributed by atoms with van der Waals surface area (Å²) in [5.74, 6) is 0.738. The predicted octanol–water partition coefficient (Wildman–Crippen LogP) is 2.70. The van der Waals surface area contributed by atoms with E-state index in [1.165, 1.54) is 19.3 Å². The number of nitriles is 1. The second kappa shape index (κ2) is 3.90. The fraction of sp³-hybridized carbons (Fsp3) is 0.500. The molecule has 0 aliphatic heterocycles. The van der Waals surface area contributed by atoms with Gasteiger partial charge in [-0.15, -0.1) is 0 Å². The van der Waals surface area contributed by atoms with E-state index in [9.17, 15) is 0 Å². The van der Waals surface area contributed by atoms with Crippen LogP contribution in [-0.2, 0) is 0 Å². The van der Waals surface area contributed by atoms with E-state index in [0.29, 0.717) is 5.56 Å². The highest BCUT2D eigenvalue weighted by Gasteiger charge is 2.35. The zero-order valence-corrected chi connectivity index (χ0v) is 8.95. The fourth-order valence-electron chi connectivity index (χ4n) is 2.02. The van der Waals surface area contributed by atoms with Crippen LogP contribution in [-0.4, -0.2) is 10.5 Å². The Kier molecular flexibility index (Phi) is 2.59. The van der Waals surface area contributed by atoms with Crippen LogP contribution in [0.1, 0.15) is 38.2 Å². The van der Waals surface area contributed by atoms with Crippen LogP contribution in [0.25, 0.3) is 0 Å². The van der Waals surface area contributed by atoms with Crippen LogP contribution in [0.2, 0.25) is 0 Å². The van der Waals surface area contributed by atoms with Gasteiger partial charge < -0.3 is 5.32 Å². The molecule has 0 amide bonds. The number of rotatable bonds is 3. The third-order valence-electron chi connectivity index (χ3n) is 3.30. The minimum absolute atomic E-state index is 0.194. The monoisotopic (exact) mass is 201 g/mol. The van der Waals surface area contributed by atoms with Gasteiger partial charge in [-0.3, -0.25) is 0 Å². The van der Waals surface area contributed by atoms with Crippen LogP contribution >= 0.6 is 0 Å². The van der Waals surface area contributed by atoms with E-state index in [1.54, 1.807) is 18.3 Å². The summed E-state index contributed by atoms with van der Waals surface area (Å²) in [5, 5.41) is 12.4.